The molecular formula is C17H26N6O4S. The van der Waals surface area contributed by atoms with Crippen LogP contribution >= 0.6 is 0 Å². The van der Waals surface area contributed by atoms with E-state index in [0.717, 1.165) is 0 Å². The topological polar surface area (TPSA) is 114 Å². The van der Waals surface area contributed by atoms with Crippen LogP contribution in [0.15, 0.2) is 23.0 Å². The van der Waals surface area contributed by atoms with E-state index in [1.807, 2.05) is 19.9 Å². The molecule has 0 aliphatic carbocycles. The van der Waals surface area contributed by atoms with Crippen LogP contribution < -0.4 is 0 Å². The summed E-state index contributed by atoms with van der Waals surface area (Å²) in [5.41, 5.74) is 0. The van der Waals surface area contributed by atoms with Gasteiger partial charge in [-0.1, -0.05) is 19.0 Å². The second-order valence-electron chi connectivity index (χ2n) is 7.30. The Morgan fingerprint density at radius 2 is 2.14 bits per heavy atom. The Bertz CT molecular complexity index is 887. The van der Waals surface area contributed by atoms with Crippen molar-refractivity contribution in [3.8, 4) is 0 Å². The van der Waals surface area contributed by atoms with Crippen molar-refractivity contribution in [3.63, 3.8) is 0 Å². The van der Waals surface area contributed by atoms with Gasteiger partial charge in [-0.3, -0.25) is 9.48 Å². The molecule has 0 radical (unpaired) electrons. The van der Waals surface area contributed by atoms with E-state index in [0.29, 0.717) is 44.2 Å². The Morgan fingerprint density at radius 3 is 2.71 bits per heavy atom. The van der Waals surface area contributed by atoms with Crippen LogP contribution in [-0.2, 0) is 27.8 Å². The minimum Gasteiger partial charge on any atom is -0.339 e. The van der Waals surface area contributed by atoms with Crippen molar-refractivity contribution in [1.29, 1.82) is 0 Å². The average molecular weight is 411 g/mol. The lowest BCUT2D eigenvalue weighted by Crippen LogP contribution is -2.62. The van der Waals surface area contributed by atoms with Gasteiger partial charge in [0.1, 0.15) is 0 Å². The molecule has 0 unspecified atom stereocenters. The molecule has 2 aromatic rings. The summed E-state index contributed by atoms with van der Waals surface area (Å²) in [5, 5.41) is 7.98. The lowest BCUT2D eigenvalue weighted by Gasteiger charge is -2.44. The van der Waals surface area contributed by atoms with Gasteiger partial charge in [0.2, 0.25) is 21.8 Å². The predicted octanol–water partition coefficient (Wildman–Crippen LogP) is 0.495. The number of sulfonamides is 1. The highest BCUT2D eigenvalue weighted by molar-refractivity contribution is 7.88. The zero-order chi connectivity index (χ0) is 20.3. The van der Waals surface area contributed by atoms with Gasteiger partial charge in [-0.05, 0) is 6.07 Å². The summed E-state index contributed by atoms with van der Waals surface area (Å²) in [4.78, 5) is 18.2. The standard InChI is InChI=1S/C17H26N6O4S/c1-13(2)17-19-15(20-27-17)5-10-23(28(3,25)26)14-11-21(12-14)16(24)6-9-22-8-4-7-18-22/h4,7-8,13-14H,5-6,9-12H2,1-3H3. The van der Waals surface area contributed by atoms with Crippen molar-refractivity contribution in [2.45, 2.75) is 45.2 Å². The summed E-state index contributed by atoms with van der Waals surface area (Å²) in [7, 11) is -3.41. The third kappa shape index (κ3) is 4.96. The molecule has 0 aromatic carbocycles. The minimum absolute atomic E-state index is 0.0000517. The van der Waals surface area contributed by atoms with E-state index < -0.39 is 10.0 Å². The summed E-state index contributed by atoms with van der Waals surface area (Å²) in [6.45, 7) is 5.47. The van der Waals surface area contributed by atoms with Crippen LogP contribution in [0.4, 0.5) is 0 Å². The molecule has 11 heteroatoms. The molecule has 154 valence electrons. The second-order valence-corrected chi connectivity index (χ2v) is 9.23. The highest BCUT2D eigenvalue weighted by Crippen LogP contribution is 2.20. The summed E-state index contributed by atoms with van der Waals surface area (Å²) >= 11 is 0. The van der Waals surface area contributed by atoms with Crippen LogP contribution in [0.3, 0.4) is 0 Å². The van der Waals surface area contributed by atoms with Gasteiger partial charge in [0, 0.05) is 57.3 Å². The Kier molecular flexibility index (Phi) is 6.14. The van der Waals surface area contributed by atoms with Gasteiger partial charge in [-0.15, -0.1) is 0 Å². The molecule has 0 bridgehead atoms. The number of carbonyl (C=O) groups is 1. The van der Waals surface area contributed by atoms with Crippen LogP contribution in [0.25, 0.3) is 0 Å². The lowest BCUT2D eigenvalue weighted by atomic mass is 10.1. The van der Waals surface area contributed by atoms with Crippen molar-refractivity contribution < 1.29 is 17.7 Å². The maximum Gasteiger partial charge on any atom is 0.229 e. The van der Waals surface area contributed by atoms with Gasteiger partial charge in [0.05, 0.1) is 12.3 Å². The first kappa shape index (κ1) is 20.5. The van der Waals surface area contributed by atoms with E-state index in [1.165, 1.54) is 10.6 Å². The van der Waals surface area contributed by atoms with Gasteiger partial charge in [0.15, 0.2) is 5.82 Å². The zero-order valence-electron chi connectivity index (χ0n) is 16.4. The molecular weight excluding hydrogens is 384 g/mol. The molecule has 0 atom stereocenters. The molecule has 3 rings (SSSR count). The number of amides is 1. The molecule has 0 saturated carbocycles. The number of carbonyl (C=O) groups excluding carboxylic acids is 1. The largest absolute Gasteiger partial charge is 0.339 e. The first-order valence-corrected chi connectivity index (χ1v) is 11.1. The van der Waals surface area contributed by atoms with E-state index in [2.05, 4.69) is 15.2 Å². The van der Waals surface area contributed by atoms with Gasteiger partial charge < -0.3 is 9.42 Å². The Balaban J connectivity index is 1.51. The molecule has 3 heterocycles. The number of hydrogen-bond acceptors (Lipinski definition) is 7. The second kappa shape index (κ2) is 8.39. The van der Waals surface area contributed by atoms with Crippen LogP contribution in [0.5, 0.6) is 0 Å². The Labute approximate surface area is 164 Å². The van der Waals surface area contributed by atoms with Crippen LogP contribution in [0.1, 0.15) is 37.9 Å². The third-order valence-electron chi connectivity index (χ3n) is 4.70. The molecule has 1 aliphatic heterocycles. The van der Waals surface area contributed by atoms with Crippen molar-refractivity contribution in [2.75, 3.05) is 25.9 Å². The molecule has 1 fully saturated rings. The van der Waals surface area contributed by atoms with Crippen LogP contribution in [0.2, 0.25) is 0 Å². The fraction of sp³-hybridized carbons (Fsp3) is 0.647. The van der Waals surface area contributed by atoms with E-state index >= 15 is 0 Å². The SMILES string of the molecule is CC(C)c1nc(CCN(C2CN(C(=O)CCn3cccn3)C2)S(C)(=O)=O)no1. The average Bonchev–Trinajstić information content (AvgIpc) is 3.24. The molecule has 1 aliphatic rings. The van der Waals surface area contributed by atoms with Gasteiger partial charge in [0.25, 0.3) is 0 Å². The molecule has 28 heavy (non-hydrogen) atoms. The molecule has 1 amide bonds. The normalized spacial score (nSPS) is 15.4. The smallest absolute Gasteiger partial charge is 0.229 e. The number of likely N-dealkylation sites (tertiary alicyclic amines) is 1. The van der Waals surface area contributed by atoms with E-state index in [9.17, 15) is 13.2 Å². The molecule has 1 saturated heterocycles. The zero-order valence-corrected chi connectivity index (χ0v) is 17.2. The number of hydrogen-bond donors (Lipinski definition) is 0. The summed E-state index contributed by atoms with van der Waals surface area (Å²) in [5.74, 6) is 1.16. The van der Waals surface area contributed by atoms with Crippen LogP contribution in [0, 0.1) is 0 Å². The van der Waals surface area contributed by atoms with Gasteiger partial charge >= 0.3 is 0 Å². The maximum absolute atomic E-state index is 12.3. The van der Waals surface area contributed by atoms with E-state index in [1.54, 1.807) is 22.0 Å². The van der Waals surface area contributed by atoms with Gasteiger partial charge in [-0.25, -0.2) is 8.42 Å². The van der Waals surface area contributed by atoms with Crippen molar-refractivity contribution >= 4 is 15.9 Å². The summed E-state index contributed by atoms with van der Waals surface area (Å²) < 4.78 is 32.7. The first-order chi connectivity index (χ1) is 13.2. The molecule has 0 N–H and O–H groups in total. The van der Waals surface area contributed by atoms with E-state index in [-0.39, 0.29) is 24.4 Å². The minimum atomic E-state index is -3.41. The number of aryl methyl sites for hydroxylation is 1. The van der Waals surface area contributed by atoms with E-state index in [4.69, 9.17) is 4.52 Å². The highest BCUT2D eigenvalue weighted by Gasteiger charge is 2.38. The summed E-state index contributed by atoms with van der Waals surface area (Å²) in [6, 6.07) is 1.59. The molecule has 10 nitrogen and oxygen atoms in total. The first-order valence-electron chi connectivity index (χ1n) is 9.28. The maximum atomic E-state index is 12.3. The number of rotatable bonds is 9. The lowest BCUT2D eigenvalue weighted by molar-refractivity contribution is -0.137. The third-order valence-corrected chi connectivity index (χ3v) is 6.03. The highest BCUT2D eigenvalue weighted by atomic mass is 32.2. The van der Waals surface area contributed by atoms with Crippen molar-refractivity contribution in [2.24, 2.45) is 0 Å². The number of nitrogens with zero attached hydrogens (tertiary/aromatic N) is 6. The Morgan fingerprint density at radius 1 is 1.39 bits per heavy atom. The fourth-order valence-corrected chi connectivity index (χ4v) is 4.17. The van der Waals surface area contributed by atoms with Crippen molar-refractivity contribution in [3.05, 3.63) is 30.2 Å². The Hall–Kier alpha value is -2.27. The molecule has 2 aromatic heterocycles. The quantitative estimate of drug-likeness (QED) is 0.591. The van der Waals surface area contributed by atoms with Crippen LogP contribution in [-0.4, -0.2) is 75.4 Å². The molecule has 0 spiro atoms. The summed E-state index contributed by atoms with van der Waals surface area (Å²) in [6.07, 6.45) is 5.37. The predicted molar refractivity (Wildman–Crippen MR) is 101 cm³/mol. The monoisotopic (exact) mass is 410 g/mol. The fourth-order valence-electron chi connectivity index (χ4n) is 3.08. The van der Waals surface area contributed by atoms with Gasteiger partial charge in [-0.2, -0.15) is 14.4 Å². The van der Waals surface area contributed by atoms with Crippen molar-refractivity contribution in [1.82, 2.24) is 29.1 Å². The number of aromatic nitrogens is 4.